The Morgan fingerprint density at radius 2 is 1.46 bits per heavy atom. The van der Waals surface area contributed by atoms with Gasteiger partial charge in [-0.1, -0.05) is 13.3 Å². The molecule has 3 amide bonds. The SMILES string of the molecule is CCC[C@H](NC(=O)C(CCC(=O)O)NC(=O)CCC(=O)O)C(N)=O. The van der Waals surface area contributed by atoms with Gasteiger partial charge in [-0.3, -0.25) is 24.0 Å². The molecule has 136 valence electrons. The molecule has 0 bridgehead atoms. The fraction of sp³-hybridized carbons (Fsp3) is 0.643. The summed E-state index contributed by atoms with van der Waals surface area (Å²) in [5.74, 6) is -4.51. The monoisotopic (exact) mass is 345 g/mol. The predicted octanol–water partition coefficient (Wildman–Crippen LogP) is -1.03. The van der Waals surface area contributed by atoms with Crippen molar-refractivity contribution in [2.45, 2.75) is 57.5 Å². The number of carboxylic acids is 2. The number of nitrogens with one attached hydrogen (secondary N) is 2. The number of rotatable bonds is 12. The van der Waals surface area contributed by atoms with Crippen LogP contribution in [0.25, 0.3) is 0 Å². The molecule has 6 N–H and O–H groups in total. The minimum absolute atomic E-state index is 0.197. The number of hydrogen-bond donors (Lipinski definition) is 5. The highest BCUT2D eigenvalue weighted by atomic mass is 16.4. The highest BCUT2D eigenvalue weighted by Crippen LogP contribution is 2.03. The maximum Gasteiger partial charge on any atom is 0.303 e. The van der Waals surface area contributed by atoms with Crippen LogP contribution in [0.5, 0.6) is 0 Å². The zero-order chi connectivity index (χ0) is 18.7. The van der Waals surface area contributed by atoms with Gasteiger partial charge in [-0.15, -0.1) is 0 Å². The predicted molar refractivity (Wildman–Crippen MR) is 81.7 cm³/mol. The molecule has 0 spiro atoms. The fourth-order valence-electron chi connectivity index (χ4n) is 1.87. The van der Waals surface area contributed by atoms with Crippen LogP contribution in [0.4, 0.5) is 0 Å². The second-order valence-electron chi connectivity index (χ2n) is 5.20. The van der Waals surface area contributed by atoms with Crippen molar-refractivity contribution in [1.82, 2.24) is 10.6 Å². The van der Waals surface area contributed by atoms with E-state index in [4.69, 9.17) is 15.9 Å². The van der Waals surface area contributed by atoms with Crippen LogP contribution in [0.1, 0.15) is 45.4 Å². The number of amides is 3. The number of primary amides is 1. The van der Waals surface area contributed by atoms with Gasteiger partial charge in [0.05, 0.1) is 6.42 Å². The molecule has 0 aromatic heterocycles. The van der Waals surface area contributed by atoms with Crippen LogP contribution in [0.3, 0.4) is 0 Å². The Morgan fingerprint density at radius 1 is 0.875 bits per heavy atom. The Morgan fingerprint density at radius 3 is 1.92 bits per heavy atom. The van der Waals surface area contributed by atoms with Crippen LogP contribution in [0.15, 0.2) is 0 Å². The molecule has 10 nitrogen and oxygen atoms in total. The summed E-state index contributed by atoms with van der Waals surface area (Å²) in [6, 6.07) is -2.12. The molecule has 24 heavy (non-hydrogen) atoms. The van der Waals surface area contributed by atoms with Crippen LogP contribution in [-0.4, -0.2) is 52.0 Å². The van der Waals surface area contributed by atoms with Gasteiger partial charge in [-0.25, -0.2) is 0 Å². The first-order valence-electron chi connectivity index (χ1n) is 7.50. The van der Waals surface area contributed by atoms with Crippen LogP contribution in [0.2, 0.25) is 0 Å². The summed E-state index contributed by atoms with van der Waals surface area (Å²) < 4.78 is 0. The summed E-state index contributed by atoms with van der Waals surface area (Å²) in [7, 11) is 0. The molecule has 0 aromatic carbocycles. The van der Waals surface area contributed by atoms with Gasteiger partial charge in [-0.2, -0.15) is 0 Å². The Balaban J connectivity index is 4.86. The number of carboxylic acid groups (broad SMARTS) is 2. The van der Waals surface area contributed by atoms with Crippen molar-refractivity contribution in [2.24, 2.45) is 5.73 Å². The number of carbonyl (C=O) groups excluding carboxylic acids is 3. The molecule has 0 rings (SSSR count). The van der Waals surface area contributed by atoms with E-state index in [1.165, 1.54) is 0 Å². The Hall–Kier alpha value is -2.65. The molecule has 0 radical (unpaired) electrons. The summed E-state index contributed by atoms with van der Waals surface area (Å²) in [4.78, 5) is 56.2. The van der Waals surface area contributed by atoms with Gasteiger partial charge in [0.15, 0.2) is 0 Å². The molecule has 1 unspecified atom stereocenters. The molecule has 0 aliphatic heterocycles. The minimum atomic E-state index is -1.19. The summed E-state index contributed by atoms with van der Waals surface area (Å²) in [6.07, 6.45) is -0.457. The lowest BCUT2D eigenvalue weighted by atomic mass is 10.1. The molecule has 0 heterocycles. The molecule has 0 saturated heterocycles. The first kappa shape index (κ1) is 21.4. The number of carbonyl (C=O) groups is 5. The first-order valence-corrected chi connectivity index (χ1v) is 7.50. The summed E-state index contributed by atoms with van der Waals surface area (Å²) in [5.41, 5.74) is 5.18. The summed E-state index contributed by atoms with van der Waals surface area (Å²) in [5, 5.41) is 21.9. The molecular weight excluding hydrogens is 322 g/mol. The lowest BCUT2D eigenvalue weighted by Crippen LogP contribution is -2.53. The van der Waals surface area contributed by atoms with Crippen molar-refractivity contribution in [1.29, 1.82) is 0 Å². The standard InChI is InChI=1S/C14H23N3O7/c1-2-3-8(13(15)23)17-14(24)9(4-6-11(19)20)16-10(18)5-7-12(21)22/h8-9H,2-7H2,1H3,(H2,15,23)(H,16,18)(H,17,24)(H,19,20)(H,21,22)/t8-,9?/m0/s1. The molecule has 10 heteroatoms. The Kier molecular flexibility index (Phi) is 9.76. The van der Waals surface area contributed by atoms with E-state index in [0.717, 1.165) is 0 Å². The molecule has 2 atom stereocenters. The largest absolute Gasteiger partial charge is 0.481 e. The molecule has 0 aliphatic rings. The quantitative estimate of drug-likeness (QED) is 0.300. The zero-order valence-electron chi connectivity index (χ0n) is 13.4. The molecule has 0 aromatic rings. The highest BCUT2D eigenvalue weighted by Gasteiger charge is 2.25. The van der Waals surface area contributed by atoms with Crippen LogP contribution < -0.4 is 16.4 Å². The lowest BCUT2D eigenvalue weighted by molar-refractivity contribution is -0.139. The summed E-state index contributed by atoms with van der Waals surface area (Å²) >= 11 is 0. The fourth-order valence-corrected chi connectivity index (χ4v) is 1.87. The molecular formula is C14H23N3O7. The number of hydrogen-bond acceptors (Lipinski definition) is 5. The van der Waals surface area contributed by atoms with Gasteiger partial charge in [0, 0.05) is 12.8 Å². The maximum absolute atomic E-state index is 12.2. The van der Waals surface area contributed by atoms with Gasteiger partial charge >= 0.3 is 11.9 Å². The Labute approximate surface area is 138 Å². The van der Waals surface area contributed by atoms with E-state index in [1.807, 2.05) is 0 Å². The van der Waals surface area contributed by atoms with Gasteiger partial charge in [-0.05, 0) is 12.8 Å². The third-order valence-corrected chi connectivity index (χ3v) is 3.10. The second kappa shape index (κ2) is 11.0. The van der Waals surface area contributed by atoms with Crippen molar-refractivity contribution in [3.8, 4) is 0 Å². The van der Waals surface area contributed by atoms with Crippen molar-refractivity contribution in [3.05, 3.63) is 0 Å². The minimum Gasteiger partial charge on any atom is -0.481 e. The van der Waals surface area contributed by atoms with E-state index in [0.29, 0.717) is 12.8 Å². The summed E-state index contributed by atoms with van der Waals surface area (Å²) in [6.45, 7) is 1.79. The molecule has 0 saturated carbocycles. The maximum atomic E-state index is 12.2. The van der Waals surface area contributed by atoms with Crippen molar-refractivity contribution in [3.63, 3.8) is 0 Å². The second-order valence-corrected chi connectivity index (χ2v) is 5.20. The van der Waals surface area contributed by atoms with Crippen LogP contribution in [0, 0.1) is 0 Å². The van der Waals surface area contributed by atoms with Crippen LogP contribution in [-0.2, 0) is 24.0 Å². The van der Waals surface area contributed by atoms with Crippen LogP contribution >= 0.6 is 0 Å². The van der Waals surface area contributed by atoms with E-state index in [-0.39, 0.29) is 19.3 Å². The zero-order valence-corrected chi connectivity index (χ0v) is 13.4. The van der Waals surface area contributed by atoms with E-state index in [1.54, 1.807) is 6.92 Å². The van der Waals surface area contributed by atoms with E-state index in [9.17, 15) is 24.0 Å². The average molecular weight is 345 g/mol. The van der Waals surface area contributed by atoms with Gasteiger partial charge < -0.3 is 26.6 Å². The van der Waals surface area contributed by atoms with Gasteiger partial charge in [0.1, 0.15) is 12.1 Å². The first-order chi connectivity index (χ1) is 11.2. The van der Waals surface area contributed by atoms with Gasteiger partial charge in [0.25, 0.3) is 0 Å². The molecule has 0 aliphatic carbocycles. The third-order valence-electron chi connectivity index (χ3n) is 3.10. The van der Waals surface area contributed by atoms with E-state index >= 15 is 0 Å². The number of nitrogens with two attached hydrogens (primary N) is 1. The highest BCUT2D eigenvalue weighted by molar-refractivity contribution is 5.92. The van der Waals surface area contributed by atoms with E-state index in [2.05, 4.69) is 10.6 Å². The van der Waals surface area contributed by atoms with Crippen molar-refractivity contribution in [2.75, 3.05) is 0 Å². The Bertz CT molecular complexity index is 493. The topological polar surface area (TPSA) is 176 Å². The van der Waals surface area contributed by atoms with E-state index < -0.39 is 48.2 Å². The third kappa shape index (κ3) is 9.38. The molecule has 0 fully saturated rings. The average Bonchev–Trinajstić information content (AvgIpc) is 2.48. The smallest absolute Gasteiger partial charge is 0.303 e. The van der Waals surface area contributed by atoms with Crippen molar-refractivity contribution < 1.29 is 34.2 Å². The van der Waals surface area contributed by atoms with Gasteiger partial charge in [0.2, 0.25) is 17.7 Å². The van der Waals surface area contributed by atoms with Crippen molar-refractivity contribution >= 4 is 29.7 Å². The lowest BCUT2D eigenvalue weighted by Gasteiger charge is -2.21. The normalized spacial score (nSPS) is 12.7. The number of aliphatic carboxylic acids is 2.